The first kappa shape index (κ1) is 15.8. The third kappa shape index (κ3) is 3.66. The van der Waals surface area contributed by atoms with E-state index in [0.717, 1.165) is 4.90 Å². The molecule has 0 aliphatic carbocycles. The van der Waals surface area contributed by atoms with E-state index in [1.165, 1.54) is 11.8 Å². The van der Waals surface area contributed by atoms with E-state index in [-0.39, 0.29) is 17.2 Å². The van der Waals surface area contributed by atoms with Gasteiger partial charge in [0, 0.05) is 10.5 Å². The second-order valence-corrected chi connectivity index (χ2v) is 6.47. The van der Waals surface area contributed by atoms with Gasteiger partial charge in [0.15, 0.2) is 5.78 Å². The predicted molar refractivity (Wildman–Crippen MR) is 90.4 cm³/mol. The first-order valence-corrected chi connectivity index (χ1v) is 8.26. The number of hydrogen-bond donors (Lipinski definition) is 0. The summed E-state index contributed by atoms with van der Waals surface area (Å²) in [4.78, 5) is 25.6. The molecule has 0 saturated heterocycles. The Hall–Kier alpha value is -2.04. The topological polar surface area (TPSA) is 43.4 Å². The number of thioether (sulfide) groups is 1. The van der Waals surface area contributed by atoms with Gasteiger partial charge in [-0.2, -0.15) is 0 Å². The van der Waals surface area contributed by atoms with E-state index in [1.54, 1.807) is 24.3 Å². The van der Waals surface area contributed by atoms with Crippen molar-refractivity contribution in [2.45, 2.75) is 17.4 Å². The molecule has 2 aromatic carbocycles. The number of ether oxygens (including phenoxy) is 1. The van der Waals surface area contributed by atoms with Crippen molar-refractivity contribution in [3.05, 3.63) is 76.2 Å². The highest BCUT2D eigenvalue weighted by atomic mass is 35.5. The number of esters is 1. The SMILES string of the molecule is O=C1OC(CC(=O)c2ccccc2)C(Sc2ccccc2)=C1Cl. The average molecular weight is 345 g/mol. The summed E-state index contributed by atoms with van der Waals surface area (Å²) in [5.74, 6) is -0.656. The monoisotopic (exact) mass is 344 g/mol. The minimum absolute atomic E-state index is 0.0599. The minimum atomic E-state index is -0.632. The summed E-state index contributed by atoms with van der Waals surface area (Å²) in [5, 5.41) is 0.0599. The smallest absolute Gasteiger partial charge is 0.351 e. The Morgan fingerprint density at radius 2 is 1.65 bits per heavy atom. The largest absolute Gasteiger partial charge is 0.452 e. The molecule has 3 nitrogen and oxygen atoms in total. The van der Waals surface area contributed by atoms with Crippen LogP contribution in [0.3, 0.4) is 0 Å². The number of carbonyl (C=O) groups excluding carboxylic acids is 2. The molecule has 5 heteroatoms. The molecule has 1 aliphatic heterocycles. The van der Waals surface area contributed by atoms with Crippen LogP contribution in [0.2, 0.25) is 0 Å². The molecule has 1 unspecified atom stereocenters. The predicted octanol–water partition coefficient (Wildman–Crippen LogP) is 4.43. The van der Waals surface area contributed by atoms with Crippen molar-refractivity contribution >= 4 is 35.1 Å². The van der Waals surface area contributed by atoms with Gasteiger partial charge in [-0.15, -0.1) is 0 Å². The highest BCUT2D eigenvalue weighted by molar-refractivity contribution is 8.03. The molecule has 1 aliphatic rings. The van der Waals surface area contributed by atoms with Crippen LogP contribution in [-0.2, 0) is 9.53 Å². The Morgan fingerprint density at radius 3 is 2.30 bits per heavy atom. The molecule has 0 fully saturated rings. The third-order valence-electron chi connectivity index (χ3n) is 3.37. The maximum atomic E-state index is 12.3. The van der Waals surface area contributed by atoms with Crippen LogP contribution in [0.15, 0.2) is 75.5 Å². The number of benzene rings is 2. The van der Waals surface area contributed by atoms with Crippen LogP contribution in [0.25, 0.3) is 0 Å². The normalized spacial score (nSPS) is 17.3. The zero-order valence-corrected chi connectivity index (χ0v) is 13.6. The fourth-order valence-electron chi connectivity index (χ4n) is 2.25. The summed E-state index contributed by atoms with van der Waals surface area (Å²) in [6, 6.07) is 18.5. The van der Waals surface area contributed by atoms with Crippen molar-refractivity contribution < 1.29 is 14.3 Å². The number of halogens is 1. The van der Waals surface area contributed by atoms with Gasteiger partial charge in [-0.3, -0.25) is 4.79 Å². The van der Waals surface area contributed by atoms with E-state index >= 15 is 0 Å². The molecular weight excluding hydrogens is 332 g/mol. The molecule has 116 valence electrons. The van der Waals surface area contributed by atoms with Crippen LogP contribution < -0.4 is 0 Å². The summed E-state index contributed by atoms with van der Waals surface area (Å²) in [5.41, 5.74) is 0.593. The van der Waals surface area contributed by atoms with Crippen molar-refractivity contribution in [1.29, 1.82) is 0 Å². The van der Waals surface area contributed by atoms with Gasteiger partial charge in [-0.25, -0.2) is 4.79 Å². The molecule has 0 aromatic heterocycles. The number of Topliss-reactive ketones (excluding diaryl/α,β-unsaturated/α-hetero) is 1. The maximum absolute atomic E-state index is 12.3. The number of cyclic esters (lactones) is 1. The average Bonchev–Trinajstić information content (AvgIpc) is 2.84. The van der Waals surface area contributed by atoms with Gasteiger partial charge in [0.05, 0.1) is 11.3 Å². The number of hydrogen-bond acceptors (Lipinski definition) is 4. The van der Waals surface area contributed by atoms with Crippen molar-refractivity contribution in [3.8, 4) is 0 Å². The van der Waals surface area contributed by atoms with Crippen LogP contribution in [0.1, 0.15) is 16.8 Å². The van der Waals surface area contributed by atoms with Gasteiger partial charge in [-0.05, 0) is 12.1 Å². The molecule has 1 atom stereocenters. The third-order valence-corrected chi connectivity index (χ3v) is 5.04. The van der Waals surface area contributed by atoms with Crippen molar-refractivity contribution in [1.82, 2.24) is 0 Å². The summed E-state index contributed by atoms with van der Waals surface area (Å²) in [6.45, 7) is 0. The quantitative estimate of drug-likeness (QED) is 0.594. The highest BCUT2D eigenvalue weighted by Crippen LogP contribution is 2.40. The van der Waals surface area contributed by atoms with Gasteiger partial charge >= 0.3 is 5.97 Å². The van der Waals surface area contributed by atoms with Crippen molar-refractivity contribution in [2.75, 3.05) is 0 Å². The Kier molecular flexibility index (Phi) is 4.84. The first-order valence-electron chi connectivity index (χ1n) is 7.07. The van der Waals surface area contributed by atoms with Gasteiger partial charge in [0.1, 0.15) is 11.1 Å². The van der Waals surface area contributed by atoms with E-state index in [0.29, 0.717) is 10.5 Å². The second kappa shape index (κ2) is 7.02. The van der Waals surface area contributed by atoms with Crippen LogP contribution in [0.4, 0.5) is 0 Å². The summed E-state index contributed by atoms with van der Waals surface area (Å²) >= 11 is 7.43. The molecule has 0 radical (unpaired) electrons. The lowest BCUT2D eigenvalue weighted by Crippen LogP contribution is -2.16. The summed E-state index contributed by atoms with van der Waals surface area (Å²) in [6.07, 6.45) is -0.547. The number of ketones is 1. The zero-order valence-electron chi connectivity index (χ0n) is 12.1. The Labute approximate surface area is 143 Å². The van der Waals surface area contributed by atoms with Crippen LogP contribution in [0.5, 0.6) is 0 Å². The first-order chi connectivity index (χ1) is 11.1. The van der Waals surface area contributed by atoms with Gasteiger partial charge in [0.25, 0.3) is 0 Å². The fraction of sp³-hybridized carbons (Fsp3) is 0.111. The molecule has 0 bridgehead atoms. The molecule has 1 heterocycles. The number of rotatable bonds is 5. The van der Waals surface area contributed by atoms with Gasteiger partial charge in [0.2, 0.25) is 0 Å². The summed E-state index contributed by atoms with van der Waals surface area (Å²) < 4.78 is 5.26. The molecule has 3 rings (SSSR count). The lowest BCUT2D eigenvalue weighted by atomic mass is 10.1. The van der Waals surface area contributed by atoms with Crippen LogP contribution in [-0.4, -0.2) is 17.9 Å². The Morgan fingerprint density at radius 1 is 1.04 bits per heavy atom. The van der Waals surface area contributed by atoms with Gasteiger partial charge in [-0.1, -0.05) is 71.9 Å². The number of carbonyl (C=O) groups is 2. The standard InChI is InChI=1S/C18H13ClO3S/c19-16-17(23-13-9-5-2-6-10-13)15(22-18(16)21)11-14(20)12-7-3-1-4-8-12/h1-10,15H,11H2. The van der Waals surface area contributed by atoms with E-state index in [4.69, 9.17) is 16.3 Å². The lowest BCUT2D eigenvalue weighted by molar-refractivity contribution is -0.138. The van der Waals surface area contributed by atoms with Crippen molar-refractivity contribution in [2.24, 2.45) is 0 Å². The van der Waals surface area contributed by atoms with Crippen LogP contribution >= 0.6 is 23.4 Å². The summed E-state index contributed by atoms with van der Waals surface area (Å²) in [7, 11) is 0. The van der Waals surface area contributed by atoms with E-state index in [2.05, 4.69) is 0 Å². The molecule has 0 N–H and O–H groups in total. The Balaban J connectivity index is 1.79. The van der Waals surface area contributed by atoms with E-state index in [1.807, 2.05) is 36.4 Å². The minimum Gasteiger partial charge on any atom is -0.452 e. The Bertz CT molecular complexity index is 756. The molecule has 2 aromatic rings. The molecule has 23 heavy (non-hydrogen) atoms. The zero-order chi connectivity index (χ0) is 16.2. The second-order valence-electron chi connectivity index (χ2n) is 4.98. The molecule has 0 amide bonds. The fourth-order valence-corrected chi connectivity index (χ4v) is 3.51. The maximum Gasteiger partial charge on any atom is 0.351 e. The van der Waals surface area contributed by atoms with Gasteiger partial charge < -0.3 is 4.74 Å². The van der Waals surface area contributed by atoms with Crippen molar-refractivity contribution in [3.63, 3.8) is 0 Å². The van der Waals surface area contributed by atoms with Crippen LogP contribution in [0, 0.1) is 0 Å². The van der Waals surface area contributed by atoms with E-state index < -0.39 is 12.1 Å². The molecular formula is C18H13ClO3S. The molecule has 0 spiro atoms. The van der Waals surface area contributed by atoms with E-state index in [9.17, 15) is 9.59 Å². The highest BCUT2D eigenvalue weighted by Gasteiger charge is 2.35. The lowest BCUT2D eigenvalue weighted by Gasteiger charge is -2.13. The molecule has 0 saturated carbocycles.